The van der Waals surface area contributed by atoms with E-state index >= 15 is 0 Å². The van der Waals surface area contributed by atoms with Crippen LogP contribution in [0.3, 0.4) is 0 Å². The third-order valence-corrected chi connectivity index (χ3v) is 6.31. The number of hydrogen-bond acceptors (Lipinski definition) is 6. The van der Waals surface area contributed by atoms with Crippen LogP contribution in [0.1, 0.15) is 33.8 Å². The zero-order valence-electron chi connectivity index (χ0n) is 16.5. The summed E-state index contributed by atoms with van der Waals surface area (Å²) in [5.41, 5.74) is 2.29. The summed E-state index contributed by atoms with van der Waals surface area (Å²) in [4.78, 5) is 38.7. The largest absolute Gasteiger partial charge is 0.482 e. The van der Waals surface area contributed by atoms with E-state index in [0.717, 1.165) is 11.1 Å². The lowest BCUT2D eigenvalue weighted by atomic mass is 10.1. The molecule has 2 atom stereocenters. The van der Waals surface area contributed by atoms with Gasteiger partial charge in [-0.25, -0.2) is 4.79 Å². The Hall–Kier alpha value is -3.00. The summed E-state index contributed by atoms with van der Waals surface area (Å²) in [6, 6.07) is 14.1. The quantitative estimate of drug-likeness (QED) is 0.685. The fourth-order valence-corrected chi connectivity index (χ4v) is 5.03. The van der Waals surface area contributed by atoms with Gasteiger partial charge in [0.05, 0.1) is 0 Å². The molecule has 4 rings (SSSR count). The Bertz CT molecular complexity index is 965. The number of hydrogen-bond donors (Lipinski definition) is 1. The van der Waals surface area contributed by atoms with Gasteiger partial charge in [-0.2, -0.15) is 0 Å². The van der Waals surface area contributed by atoms with Crippen LogP contribution in [0.2, 0.25) is 0 Å². The molecule has 8 heteroatoms. The Morgan fingerprint density at radius 2 is 2.00 bits per heavy atom. The van der Waals surface area contributed by atoms with Crippen LogP contribution in [0.15, 0.2) is 48.5 Å². The highest BCUT2D eigenvalue weighted by Gasteiger charge is 2.48. The van der Waals surface area contributed by atoms with Gasteiger partial charge < -0.3 is 19.7 Å². The van der Waals surface area contributed by atoms with Gasteiger partial charge in [0.2, 0.25) is 5.91 Å². The molecule has 0 radical (unpaired) electrons. The van der Waals surface area contributed by atoms with Gasteiger partial charge in [0, 0.05) is 23.4 Å². The summed E-state index contributed by atoms with van der Waals surface area (Å²) in [6.45, 7) is 2.35. The molecule has 30 heavy (non-hydrogen) atoms. The fourth-order valence-electron chi connectivity index (χ4n) is 3.58. The third kappa shape index (κ3) is 4.00. The predicted octanol–water partition coefficient (Wildman–Crippen LogP) is 2.51. The lowest BCUT2D eigenvalue weighted by Crippen LogP contribution is -2.45. The second-order valence-corrected chi connectivity index (χ2v) is 8.11. The minimum atomic E-state index is -0.475. The summed E-state index contributed by atoms with van der Waals surface area (Å²) in [5, 5.41) is 2.58. The van der Waals surface area contributed by atoms with Crippen LogP contribution in [-0.4, -0.2) is 47.6 Å². The maximum absolute atomic E-state index is 12.8. The van der Waals surface area contributed by atoms with Gasteiger partial charge in [-0.3, -0.25) is 9.59 Å². The van der Waals surface area contributed by atoms with Gasteiger partial charge in [-0.1, -0.05) is 30.3 Å². The zero-order chi connectivity index (χ0) is 21.1. The summed E-state index contributed by atoms with van der Waals surface area (Å²) >= 11 is 1.56. The van der Waals surface area contributed by atoms with Crippen molar-refractivity contribution < 1.29 is 23.9 Å². The van der Waals surface area contributed by atoms with Crippen molar-refractivity contribution in [3.05, 3.63) is 65.2 Å². The van der Waals surface area contributed by atoms with Crippen LogP contribution in [0.25, 0.3) is 0 Å². The number of carbonyl (C=O) groups is 3. The van der Waals surface area contributed by atoms with Gasteiger partial charge in [0.15, 0.2) is 6.61 Å². The molecule has 2 unspecified atom stereocenters. The molecule has 0 aliphatic carbocycles. The Balaban J connectivity index is 1.38. The number of amides is 2. The maximum Gasteiger partial charge on any atom is 0.344 e. The first-order chi connectivity index (χ1) is 14.6. The number of likely N-dealkylation sites (N-methyl/N-ethyl adjacent to an activating group) is 1. The summed E-state index contributed by atoms with van der Waals surface area (Å²) in [7, 11) is 0. The lowest BCUT2D eigenvalue weighted by Gasteiger charge is -2.22. The van der Waals surface area contributed by atoms with E-state index in [9.17, 15) is 14.4 Å². The highest BCUT2D eigenvalue weighted by molar-refractivity contribution is 7.99. The van der Waals surface area contributed by atoms with Crippen molar-refractivity contribution >= 4 is 29.5 Å². The molecule has 2 amide bonds. The van der Waals surface area contributed by atoms with Crippen LogP contribution in [0, 0.1) is 0 Å². The van der Waals surface area contributed by atoms with Crippen LogP contribution >= 0.6 is 11.8 Å². The number of nitrogens with one attached hydrogen (secondary N) is 1. The van der Waals surface area contributed by atoms with E-state index in [1.807, 2.05) is 37.3 Å². The van der Waals surface area contributed by atoms with Gasteiger partial charge in [0.25, 0.3) is 5.91 Å². The Labute approximate surface area is 178 Å². The molecule has 1 saturated heterocycles. The van der Waals surface area contributed by atoms with Crippen LogP contribution in [0.5, 0.6) is 5.75 Å². The van der Waals surface area contributed by atoms with E-state index < -0.39 is 12.0 Å². The minimum absolute atomic E-state index is 0.133. The molecule has 0 bridgehead atoms. The molecule has 1 fully saturated rings. The summed E-state index contributed by atoms with van der Waals surface area (Å²) in [6.07, 6.45) is 0. The number of fused-ring (bicyclic) bond motifs is 3. The van der Waals surface area contributed by atoms with Gasteiger partial charge in [-0.05, 0) is 30.7 Å². The number of thioether (sulfide) groups is 1. The van der Waals surface area contributed by atoms with Crippen LogP contribution < -0.4 is 10.1 Å². The van der Waals surface area contributed by atoms with Crippen molar-refractivity contribution in [1.82, 2.24) is 10.2 Å². The SMILES string of the molecule is CCNC(=O)C1CSC2c3cc(OCC(=O)OCc4ccccc4)ccc3C(=O)N12. The highest BCUT2D eigenvalue weighted by Crippen LogP contribution is 2.49. The first-order valence-electron chi connectivity index (χ1n) is 9.76. The van der Waals surface area contributed by atoms with Crippen LogP contribution in [-0.2, 0) is 20.9 Å². The zero-order valence-corrected chi connectivity index (χ0v) is 17.3. The van der Waals surface area contributed by atoms with E-state index in [2.05, 4.69) is 5.32 Å². The molecule has 2 heterocycles. The summed E-state index contributed by atoms with van der Waals surface area (Å²) < 4.78 is 10.8. The fraction of sp³-hybridized carbons (Fsp3) is 0.318. The number of ether oxygens (including phenoxy) is 2. The molecule has 7 nitrogen and oxygen atoms in total. The Morgan fingerprint density at radius 1 is 1.20 bits per heavy atom. The van der Waals surface area contributed by atoms with Crippen molar-refractivity contribution in [3.8, 4) is 5.75 Å². The molecule has 0 aromatic heterocycles. The average molecular weight is 426 g/mol. The smallest absolute Gasteiger partial charge is 0.344 e. The topological polar surface area (TPSA) is 84.9 Å². The molecule has 2 aromatic rings. The first-order valence-corrected chi connectivity index (χ1v) is 10.8. The van der Waals surface area contributed by atoms with Gasteiger partial charge in [-0.15, -0.1) is 11.8 Å². The molecule has 2 aliphatic rings. The average Bonchev–Trinajstić information content (AvgIpc) is 3.32. The minimum Gasteiger partial charge on any atom is -0.482 e. The normalized spacial score (nSPS) is 19.2. The third-order valence-electron chi connectivity index (χ3n) is 5.01. The molecule has 1 N–H and O–H groups in total. The second-order valence-electron chi connectivity index (χ2n) is 6.99. The standard InChI is InChI=1S/C22H22N2O5S/c1-2-23-20(26)18-13-30-22-17-10-15(8-9-16(17)21(27)24(18)22)28-12-19(25)29-11-14-6-4-3-5-7-14/h3-10,18,22H,2,11-13H2,1H3,(H,23,26). The van der Waals surface area contributed by atoms with E-state index in [0.29, 0.717) is 23.6 Å². The van der Waals surface area contributed by atoms with Gasteiger partial charge >= 0.3 is 5.97 Å². The van der Waals surface area contributed by atoms with E-state index in [4.69, 9.17) is 9.47 Å². The van der Waals surface area contributed by atoms with Gasteiger partial charge in [0.1, 0.15) is 23.8 Å². The van der Waals surface area contributed by atoms with Crippen molar-refractivity contribution in [2.24, 2.45) is 0 Å². The summed E-state index contributed by atoms with van der Waals surface area (Å²) in [5.74, 6) is 0.292. The van der Waals surface area contributed by atoms with Crippen molar-refractivity contribution in [2.45, 2.75) is 24.9 Å². The predicted molar refractivity (Wildman–Crippen MR) is 112 cm³/mol. The first kappa shape index (κ1) is 20.3. The van der Waals surface area contributed by atoms with E-state index in [1.54, 1.807) is 34.9 Å². The number of nitrogens with zero attached hydrogens (tertiary/aromatic N) is 1. The van der Waals surface area contributed by atoms with Crippen molar-refractivity contribution in [3.63, 3.8) is 0 Å². The number of rotatable bonds is 7. The molecule has 156 valence electrons. The number of esters is 1. The lowest BCUT2D eigenvalue weighted by molar-refractivity contribution is -0.147. The Morgan fingerprint density at radius 3 is 2.77 bits per heavy atom. The van der Waals surface area contributed by atoms with Crippen molar-refractivity contribution in [2.75, 3.05) is 18.9 Å². The molecular formula is C22H22N2O5S. The van der Waals surface area contributed by atoms with Crippen LogP contribution in [0.4, 0.5) is 0 Å². The molecular weight excluding hydrogens is 404 g/mol. The maximum atomic E-state index is 12.8. The number of carbonyl (C=O) groups excluding carboxylic acids is 3. The second kappa shape index (κ2) is 8.79. The van der Waals surface area contributed by atoms with Crippen molar-refractivity contribution in [1.29, 1.82) is 0 Å². The van der Waals surface area contributed by atoms with E-state index in [1.165, 1.54) is 0 Å². The Kier molecular flexibility index (Phi) is 5.94. The number of benzene rings is 2. The molecule has 0 saturated carbocycles. The molecule has 0 spiro atoms. The monoisotopic (exact) mass is 426 g/mol. The molecule has 2 aromatic carbocycles. The highest BCUT2D eigenvalue weighted by atomic mass is 32.2. The van der Waals surface area contributed by atoms with E-state index in [-0.39, 0.29) is 30.4 Å². The molecule has 2 aliphatic heterocycles.